The third-order valence-electron chi connectivity index (χ3n) is 3.54. The quantitative estimate of drug-likeness (QED) is 0.654. The maximum atomic E-state index is 6.46. The molecule has 0 N–H and O–H groups in total. The molecular formula is C18H21OS2+. The van der Waals surface area contributed by atoms with Gasteiger partial charge in [-0.3, -0.25) is 0 Å². The van der Waals surface area contributed by atoms with Crippen LogP contribution in [0.3, 0.4) is 0 Å². The molecule has 0 fully saturated rings. The highest BCUT2D eigenvalue weighted by Crippen LogP contribution is 2.46. The van der Waals surface area contributed by atoms with Crippen LogP contribution in [-0.2, 0) is 15.4 Å². The monoisotopic (exact) mass is 317 g/mol. The van der Waals surface area contributed by atoms with E-state index in [1.165, 1.54) is 32.4 Å². The molecule has 21 heavy (non-hydrogen) atoms. The van der Waals surface area contributed by atoms with Crippen molar-refractivity contribution in [3.8, 4) is 0 Å². The smallest absolute Gasteiger partial charge is 0.159 e. The lowest BCUT2D eigenvalue weighted by molar-refractivity contribution is 0.236. The summed E-state index contributed by atoms with van der Waals surface area (Å²) in [5, 5.41) is 0. The van der Waals surface area contributed by atoms with E-state index < -0.39 is 0 Å². The van der Waals surface area contributed by atoms with E-state index in [9.17, 15) is 0 Å². The van der Waals surface area contributed by atoms with Crippen molar-refractivity contribution in [3.63, 3.8) is 0 Å². The summed E-state index contributed by atoms with van der Waals surface area (Å²) >= 11 is 1.61. The maximum Gasteiger partial charge on any atom is 0.225 e. The molecule has 0 radical (unpaired) electrons. The Kier molecular flexibility index (Phi) is 4.94. The molecule has 110 valence electrons. The predicted octanol–water partition coefficient (Wildman–Crippen LogP) is 5.70. The molecular weight excluding hydrogens is 296 g/mol. The second kappa shape index (κ2) is 6.91. The van der Waals surface area contributed by atoms with Crippen molar-refractivity contribution in [2.45, 2.75) is 58.8 Å². The SMILES string of the molecule is CCCCC(C)O[S+]1c2ccccc2Sc2ccccc21. The molecule has 1 nitrogen and oxygen atoms in total. The highest BCUT2D eigenvalue weighted by molar-refractivity contribution is 8.02. The Morgan fingerprint density at radius 3 is 2.14 bits per heavy atom. The summed E-state index contributed by atoms with van der Waals surface area (Å²) in [4.78, 5) is 5.35. The summed E-state index contributed by atoms with van der Waals surface area (Å²) in [6.45, 7) is 4.44. The van der Waals surface area contributed by atoms with Crippen molar-refractivity contribution in [1.82, 2.24) is 0 Å². The molecule has 1 aliphatic rings. The van der Waals surface area contributed by atoms with Crippen LogP contribution < -0.4 is 0 Å². The van der Waals surface area contributed by atoms with Crippen LogP contribution in [0.2, 0.25) is 0 Å². The van der Waals surface area contributed by atoms with Gasteiger partial charge in [0.15, 0.2) is 0 Å². The second-order valence-electron chi connectivity index (χ2n) is 5.31. The molecule has 3 heteroatoms. The summed E-state index contributed by atoms with van der Waals surface area (Å²) in [5.41, 5.74) is 0. The average Bonchev–Trinajstić information content (AvgIpc) is 2.52. The minimum Gasteiger partial charge on any atom is -0.159 e. The fraction of sp³-hybridized carbons (Fsp3) is 0.333. The van der Waals surface area contributed by atoms with Crippen molar-refractivity contribution in [1.29, 1.82) is 0 Å². The molecule has 0 saturated carbocycles. The highest BCUT2D eigenvalue weighted by atomic mass is 32.2. The molecule has 1 aliphatic heterocycles. The Morgan fingerprint density at radius 2 is 1.57 bits per heavy atom. The van der Waals surface area contributed by atoms with Crippen LogP contribution in [0.5, 0.6) is 0 Å². The third kappa shape index (κ3) is 3.31. The van der Waals surface area contributed by atoms with E-state index in [2.05, 4.69) is 62.4 Å². The van der Waals surface area contributed by atoms with Crippen molar-refractivity contribution in [3.05, 3.63) is 48.5 Å². The Bertz CT molecular complexity index is 566. The van der Waals surface area contributed by atoms with Gasteiger partial charge in [0, 0.05) is 0 Å². The zero-order chi connectivity index (χ0) is 14.7. The second-order valence-corrected chi connectivity index (χ2v) is 8.01. The van der Waals surface area contributed by atoms with Gasteiger partial charge in [0.05, 0.1) is 9.79 Å². The first-order valence-electron chi connectivity index (χ1n) is 7.57. The van der Waals surface area contributed by atoms with Crippen LogP contribution in [0.4, 0.5) is 0 Å². The van der Waals surface area contributed by atoms with E-state index in [0.717, 1.165) is 6.42 Å². The maximum absolute atomic E-state index is 6.46. The van der Waals surface area contributed by atoms with Gasteiger partial charge in [0.25, 0.3) is 0 Å². The fourth-order valence-corrected chi connectivity index (χ4v) is 5.77. The summed E-state index contributed by atoms with van der Waals surface area (Å²) in [5.74, 6) is 0. The number of hydrogen-bond donors (Lipinski definition) is 0. The lowest BCUT2D eigenvalue weighted by atomic mass is 10.2. The first-order chi connectivity index (χ1) is 10.3. The van der Waals surface area contributed by atoms with Gasteiger partial charge < -0.3 is 0 Å². The number of unbranched alkanes of at least 4 members (excludes halogenated alkanes) is 1. The van der Waals surface area contributed by atoms with Gasteiger partial charge in [-0.1, -0.05) is 55.8 Å². The van der Waals surface area contributed by atoms with Crippen LogP contribution in [0.25, 0.3) is 0 Å². The normalized spacial score (nSPS) is 15.3. The van der Waals surface area contributed by atoms with Crippen LogP contribution in [0.1, 0.15) is 33.1 Å². The number of hydrogen-bond acceptors (Lipinski definition) is 2. The van der Waals surface area contributed by atoms with Crippen molar-refractivity contribution in [2.75, 3.05) is 0 Å². The van der Waals surface area contributed by atoms with E-state index in [1.54, 1.807) is 0 Å². The predicted molar refractivity (Wildman–Crippen MR) is 91.0 cm³/mol. The topological polar surface area (TPSA) is 9.23 Å². The van der Waals surface area contributed by atoms with Gasteiger partial charge in [0.1, 0.15) is 6.10 Å². The molecule has 2 aromatic carbocycles. The summed E-state index contributed by atoms with van der Waals surface area (Å²) in [7, 11) is 0. The first kappa shape index (κ1) is 15.0. The molecule has 1 atom stereocenters. The zero-order valence-corrected chi connectivity index (χ0v) is 14.2. The summed E-state index contributed by atoms with van der Waals surface area (Å²) < 4.78 is 6.46. The van der Waals surface area contributed by atoms with E-state index >= 15 is 0 Å². The van der Waals surface area contributed by atoms with Crippen LogP contribution in [0, 0.1) is 0 Å². The molecule has 2 aromatic rings. The lowest BCUT2D eigenvalue weighted by Crippen LogP contribution is -2.19. The molecule has 0 bridgehead atoms. The van der Waals surface area contributed by atoms with E-state index in [1.807, 2.05) is 11.8 Å². The van der Waals surface area contributed by atoms with Crippen LogP contribution in [0.15, 0.2) is 68.1 Å². The molecule has 0 aromatic heterocycles. The standard InChI is InChI=1S/C18H21OS2/c1-3-4-9-14(2)19-21-17-12-7-5-10-15(17)20-16-11-6-8-13-18(16)21/h5-8,10-14H,3-4,9H2,1-2H3/q+1. The van der Waals surface area contributed by atoms with Gasteiger partial charge in [-0.2, -0.15) is 4.18 Å². The molecule has 0 aliphatic carbocycles. The molecule has 0 amide bonds. The third-order valence-corrected chi connectivity index (χ3v) is 6.98. The average molecular weight is 317 g/mol. The Hall–Kier alpha value is -0.900. The van der Waals surface area contributed by atoms with Gasteiger partial charge in [-0.05, 0) is 37.6 Å². The molecule has 3 rings (SSSR count). The minimum atomic E-state index is -0.249. The van der Waals surface area contributed by atoms with E-state index in [4.69, 9.17) is 4.18 Å². The number of fused-ring (bicyclic) bond motifs is 2. The van der Waals surface area contributed by atoms with Crippen molar-refractivity contribution in [2.24, 2.45) is 0 Å². The molecule has 0 spiro atoms. The van der Waals surface area contributed by atoms with Gasteiger partial charge >= 0.3 is 0 Å². The van der Waals surface area contributed by atoms with Crippen molar-refractivity contribution < 1.29 is 4.18 Å². The Labute approximate surface area is 134 Å². The fourth-order valence-electron chi connectivity index (χ4n) is 2.42. The Balaban J connectivity index is 1.91. The number of benzene rings is 2. The minimum absolute atomic E-state index is 0.249. The molecule has 0 saturated heterocycles. The van der Waals surface area contributed by atoms with Gasteiger partial charge in [-0.25, -0.2) is 0 Å². The van der Waals surface area contributed by atoms with Crippen LogP contribution in [-0.4, -0.2) is 6.10 Å². The van der Waals surface area contributed by atoms with Gasteiger partial charge in [-0.15, -0.1) is 0 Å². The number of rotatable bonds is 5. The summed E-state index contributed by atoms with van der Waals surface area (Å²) in [6.07, 6.45) is 3.90. The van der Waals surface area contributed by atoms with E-state index in [0.29, 0.717) is 6.10 Å². The van der Waals surface area contributed by atoms with E-state index in [-0.39, 0.29) is 11.2 Å². The van der Waals surface area contributed by atoms with Crippen LogP contribution >= 0.6 is 11.8 Å². The highest BCUT2D eigenvalue weighted by Gasteiger charge is 2.39. The lowest BCUT2D eigenvalue weighted by Gasteiger charge is -2.19. The Morgan fingerprint density at radius 1 is 1.00 bits per heavy atom. The first-order valence-corrected chi connectivity index (χ1v) is 9.53. The molecule has 1 heterocycles. The van der Waals surface area contributed by atoms with Gasteiger partial charge in [0.2, 0.25) is 21.0 Å². The van der Waals surface area contributed by atoms with Crippen molar-refractivity contribution >= 4 is 22.9 Å². The largest absolute Gasteiger partial charge is 0.225 e. The zero-order valence-electron chi connectivity index (χ0n) is 12.5. The molecule has 1 unspecified atom stereocenters. The summed E-state index contributed by atoms with van der Waals surface area (Å²) in [6, 6.07) is 17.3.